The Morgan fingerprint density at radius 3 is 2.91 bits per heavy atom. The molecule has 1 saturated heterocycles. The Kier molecular flexibility index (Phi) is 4.95. The second-order valence-electron chi connectivity index (χ2n) is 5.23. The molecule has 6 nitrogen and oxygen atoms in total. The van der Waals surface area contributed by atoms with Gasteiger partial charge in [-0.3, -0.25) is 0 Å². The van der Waals surface area contributed by atoms with E-state index in [4.69, 9.17) is 25.6 Å². The van der Waals surface area contributed by atoms with Crippen LogP contribution in [0, 0.1) is 0 Å². The first-order chi connectivity index (χ1) is 11.2. The van der Waals surface area contributed by atoms with E-state index in [9.17, 15) is 9.90 Å². The third kappa shape index (κ3) is 3.55. The van der Waals surface area contributed by atoms with Crippen molar-refractivity contribution in [2.45, 2.75) is 32.2 Å². The molecule has 1 aliphatic heterocycles. The van der Waals surface area contributed by atoms with E-state index < -0.39 is 5.97 Å². The van der Waals surface area contributed by atoms with Gasteiger partial charge < -0.3 is 19.1 Å². The van der Waals surface area contributed by atoms with E-state index in [0.717, 1.165) is 19.3 Å². The molecule has 1 unspecified atom stereocenters. The fourth-order valence-electron chi connectivity index (χ4n) is 2.49. The van der Waals surface area contributed by atoms with Crippen molar-refractivity contribution in [1.29, 1.82) is 0 Å². The highest BCUT2D eigenvalue weighted by Gasteiger charge is 2.26. The first-order valence-corrected chi connectivity index (χ1v) is 7.74. The highest BCUT2D eigenvalue weighted by Crippen LogP contribution is 2.32. The highest BCUT2D eigenvalue weighted by atomic mass is 35.5. The molecule has 0 spiro atoms. The summed E-state index contributed by atoms with van der Waals surface area (Å²) in [6, 6.07) is 6.86. The van der Waals surface area contributed by atoms with E-state index in [1.165, 1.54) is 0 Å². The summed E-state index contributed by atoms with van der Waals surface area (Å²) in [7, 11) is 0. The van der Waals surface area contributed by atoms with Gasteiger partial charge in [0.25, 0.3) is 0 Å². The molecular formula is C16H16ClNO5. The third-order valence-corrected chi connectivity index (χ3v) is 3.97. The standard InChI is InChI=1S/C16H16ClNO5/c17-11-6-2-1-5-10(11)15-14(16(19)20)12(18-23-15)9-22-13-7-3-4-8-21-13/h1-2,5-6,13H,3-4,7-9H2,(H,19,20). The number of aromatic nitrogens is 1. The molecule has 1 fully saturated rings. The zero-order valence-corrected chi connectivity index (χ0v) is 13.1. The molecule has 3 rings (SSSR count). The molecule has 7 heteroatoms. The van der Waals surface area contributed by atoms with Gasteiger partial charge in [0.1, 0.15) is 11.3 Å². The normalized spacial score (nSPS) is 18.0. The summed E-state index contributed by atoms with van der Waals surface area (Å²) in [5, 5.41) is 13.7. The molecule has 2 aromatic rings. The van der Waals surface area contributed by atoms with Crippen molar-refractivity contribution in [3.8, 4) is 11.3 Å². The molecule has 122 valence electrons. The number of carboxylic acid groups (broad SMARTS) is 1. The third-order valence-electron chi connectivity index (χ3n) is 3.64. The Morgan fingerprint density at radius 2 is 2.22 bits per heavy atom. The van der Waals surface area contributed by atoms with Gasteiger partial charge in [0.2, 0.25) is 0 Å². The minimum atomic E-state index is -1.13. The average molecular weight is 338 g/mol. The molecule has 0 amide bonds. The quantitative estimate of drug-likeness (QED) is 0.895. The SMILES string of the molecule is O=C(O)c1c(COC2CCCCO2)noc1-c1ccccc1Cl. The molecular weight excluding hydrogens is 322 g/mol. The van der Waals surface area contributed by atoms with Crippen molar-refractivity contribution in [2.24, 2.45) is 0 Å². The highest BCUT2D eigenvalue weighted by molar-refractivity contribution is 6.33. The zero-order chi connectivity index (χ0) is 16.2. The maximum atomic E-state index is 11.6. The number of benzene rings is 1. The van der Waals surface area contributed by atoms with E-state index in [-0.39, 0.29) is 29.9 Å². The van der Waals surface area contributed by atoms with Gasteiger partial charge >= 0.3 is 5.97 Å². The van der Waals surface area contributed by atoms with Gasteiger partial charge in [0, 0.05) is 12.2 Å². The predicted octanol–water partition coefficient (Wildman–Crippen LogP) is 3.74. The number of hydrogen-bond donors (Lipinski definition) is 1. The summed E-state index contributed by atoms with van der Waals surface area (Å²) in [6.45, 7) is 0.667. The van der Waals surface area contributed by atoms with E-state index in [1.807, 2.05) is 0 Å². The van der Waals surface area contributed by atoms with Crippen molar-refractivity contribution >= 4 is 17.6 Å². The number of rotatable bonds is 5. The van der Waals surface area contributed by atoms with Gasteiger partial charge in [-0.2, -0.15) is 0 Å². The molecule has 1 atom stereocenters. The Morgan fingerprint density at radius 1 is 1.39 bits per heavy atom. The number of hydrogen-bond acceptors (Lipinski definition) is 5. The average Bonchev–Trinajstić information content (AvgIpc) is 2.98. The van der Waals surface area contributed by atoms with Crippen molar-refractivity contribution < 1.29 is 23.9 Å². The topological polar surface area (TPSA) is 81.8 Å². The zero-order valence-electron chi connectivity index (χ0n) is 12.3. The van der Waals surface area contributed by atoms with Crippen LogP contribution < -0.4 is 0 Å². The monoisotopic (exact) mass is 337 g/mol. The number of ether oxygens (including phenoxy) is 2. The van der Waals surface area contributed by atoms with E-state index >= 15 is 0 Å². The molecule has 2 heterocycles. The first-order valence-electron chi connectivity index (χ1n) is 7.36. The van der Waals surface area contributed by atoms with Gasteiger partial charge in [-0.05, 0) is 31.4 Å². The minimum Gasteiger partial charge on any atom is -0.477 e. The Labute approximate surface area is 137 Å². The van der Waals surface area contributed by atoms with Crippen LogP contribution in [0.3, 0.4) is 0 Å². The maximum Gasteiger partial charge on any atom is 0.341 e. The molecule has 0 radical (unpaired) electrons. The van der Waals surface area contributed by atoms with Gasteiger partial charge in [-0.1, -0.05) is 28.9 Å². The molecule has 1 N–H and O–H groups in total. The van der Waals surface area contributed by atoms with Crippen LogP contribution in [0.1, 0.15) is 35.3 Å². The lowest BCUT2D eigenvalue weighted by Crippen LogP contribution is -2.22. The van der Waals surface area contributed by atoms with Gasteiger partial charge in [-0.15, -0.1) is 0 Å². The summed E-state index contributed by atoms with van der Waals surface area (Å²) in [5.74, 6) is -1.00. The van der Waals surface area contributed by atoms with Gasteiger partial charge in [-0.25, -0.2) is 4.79 Å². The van der Waals surface area contributed by atoms with Crippen molar-refractivity contribution in [1.82, 2.24) is 5.16 Å². The van der Waals surface area contributed by atoms with Crippen molar-refractivity contribution in [3.63, 3.8) is 0 Å². The second-order valence-corrected chi connectivity index (χ2v) is 5.63. The molecule has 0 saturated carbocycles. The van der Waals surface area contributed by atoms with Crippen LogP contribution in [0.15, 0.2) is 28.8 Å². The van der Waals surface area contributed by atoms with Crippen LogP contribution in [0.5, 0.6) is 0 Å². The minimum absolute atomic E-state index is 0.0141. The molecule has 0 bridgehead atoms. The predicted molar refractivity (Wildman–Crippen MR) is 82.3 cm³/mol. The second kappa shape index (κ2) is 7.12. The smallest absolute Gasteiger partial charge is 0.341 e. The van der Waals surface area contributed by atoms with Crippen LogP contribution in [0.25, 0.3) is 11.3 Å². The largest absolute Gasteiger partial charge is 0.477 e. The number of halogens is 1. The number of nitrogens with zero attached hydrogens (tertiary/aromatic N) is 1. The fourth-order valence-corrected chi connectivity index (χ4v) is 2.71. The molecule has 0 aliphatic carbocycles. The van der Waals surface area contributed by atoms with E-state index in [0.29, 0.717) is 17.2 Å². The van der Waals surface area contributed by atoms with E-state index in [1.54, 1.807) is 24.3 Å². The first kappa shape index (κ1) is 16.0. The van der Waals surface area contributed by atoms with Crippen LogP contribution in [-0.2, 0) is 16.1 Å². The molecule has 1 aromatic carbocycles. The van der Waals surface area contributed by atoms with Gasteiger partial charge in [0.15, 0.2) is 12.1 Å². The fraction of sp³-hybridized carbons (Fsp3) is 0.375. The molecule has 1 aromatic heterocycles. The van der Waals surface area contributed by atoms with Crippen LogP contribution in [0.4, 0.5) is 0 Å². The lowest BCUT2D eigenvalue weighted by molar-refractivity contribution is -0.169. The number of carboxylic acids is 1. The molecule has 23 heavy (non-hydrogen) atoms. The van der Waals surface area contributed by atoms with Gasteiger partial charge in [0.05, 0.1) is 11.6 Å². The summed E-state index contributed by atoms with van der Waals surface area (Å²) < 4.78 is 16.3. The lowest BCUT2D eigenvalue weighted by Gasteiger charge is -2.22. The number of carbonyl (C=O) groups is 1. The number of aromatic carboxylic acids is 1. The summed E-state index contributed by atoms with van der Waals surface area (Å²) >= 11 is 6.11. The van der Waals surface area contributed by atoms with E-state index in [2.05, 4.69) is 5.16 Å². The van der Waals surface area contributed by atoms with Crippen molar-refractivity contribution in [2.75, 3.05) is 6.61 Å². The molecule has 1 aliphatic rings. The summed E-state index contributed by atoms with van der Waals surface area (Å²) in [4.78, 5) is 11.6. The van der Waals surface area contributed by atoms with Crippen molar-refractivity contribution in [3.05, 3.63) is 40.5 Å². The van der Waals surface area contributed by atoms with Crippen LogP contribution in [0.2, 0.25) is 5.02 Å². The Balaban J connectivity index is 1.84. The maximum absolute atomic E-state index is 11.6. The summed E-state index contributed by atoms with van der Waals surface area (Å²) in [5.41, 5.74) is 0.676. The summed E-state index contributed by atoms with van der Waals surface area (Å²) in [6.07, 6.45) is 2.50. The lowest BCUT2D eigenvalue weighted by atomic mass is 10.1. The Bertz CT molecular complexity index is 694. The van der Waals surface area contributed by atoms with Crippen LogP contribution >= 0.6 is 11.6 Å². The Hall–Kier alpha value is -1.89. The van der Waals surface area contributed by atoms with Crippen LogP contribution in [-0.4, -0.2) is 29.1 Å².